The summed E-state index contributed by atoms with van der Waals surface area (Å²) in [6, 6.07) is 0. The van der Waals surface area contributed by atoms with Gasteiger partial charge in [-0.15, -0.1) is 0 Å². The molecule has 104 valence electrons. The van der Waals surface area contributed by atoms with Gasteiger partial charge in [-0.05, 0) is 43.7 Å². The van der Waals surface area contributed by atoms with Crippen LogP contribution in [0.15, 0.2) is 0 Å². The van der Waals surface area contributed by atoms with E-state index in [1.165, 1.54) is 51.7 Å². The minimum atomic E-state index is 0. The average Bonchev–Trinajstić information content (AvgIpc) is 2.19. The van der Waals surface area contributed by atoms with Crippen molar-refractivity contribution in [3.63, 3.8) is 0 Å². The van der Waals surface area contributed by atoms with Crippen LogP contribution in [-0.4, -0.2) is 24.5 Å². The summed E-state index contributed by atoms with van der Waals surface area (Å²) in [5, 5.41) is 0. The van der Waals surface area contributed by atoms with Gasteiger partial charge in [-0.3, -0.25) is 0 Å². The third-order valence-electron chi connectivity index (χ3n) is 3.72. The lowest BCUT2D eigenvalue weighted by Gasteiger charge is -2.33. The van der Waals surface area contributed by atoms with E-state index in [2.05, 4.69) is 32.6 Å². The van der Waals surface area contributed by atoms with Crippen molar-refractivity contribution >= 4 is 0 Å². The van der Waals surface area contributed by atoms with Crippen LogP contribution in [0.3, 0.4) is 0 Å². The van der Waals surface area contributed by atoms with E-state index in [1.807, 2.05) is 0 Å². The minimum Gasteiger partial charge on any atom is -0.303 e. The maximum Gasteiger partial charge on any atom is 0.000439 e. The molecule has 0 N–H and O–H groups in total. The fraction of sp³-hybridized carbons (Fsp3) is 1.00. The molecule has 0 amide bonds. The second-order valence-corrected chi connectivity index (χ2v) is 6.46. The molecule has 0 bridgehead atoms. The van der Waals surface area contributed by atoms with Gasteiger partial charge in [-0.2, -0.15) is 0 Å². The minimum absolute atomic E-state index is 0. The zero-order valence-electron chi connectivity index (χ0n) is 11.8. The number of likely N-dealkylation sites (tertiary alicyclic amines) is 1. The Kier molecular flexibility index (Phi) is 8.94. The third kappa shape index (κ3) is 7.81. The zero-order valence-corrected chi connectivity index (χ0v) is 11.8. The van der Waals surface area contributed by atoms with Gasteiger partial charge in [0.1, 0.15) is 0 Å². The number of nitrogens with zero attached hydrogens (tertiary/aromatic N) is 1. The summed E-state index contributed by atoms with van der Waals surface area (Å²) in [7, 11) is 0. The Morgan fingerprint density at radius 2 is 1.59 bits per heavy atom. The van der Waals surface area contributed by atoms with Crippen LogP contribution in [-0.2, 0) is 0 Å². The Bertz CT molecular complexity index is 166. The summed E-state index contributed by atoms with van der Waals surface area (Å²) >= 11 is 0. The molecule has 1 heteroatoms. The van der Waals surface area contributed by atoms with Gasteiger partial charge in [0, 0.05) is 6.54 Å². The molecule has 0 spiro atoms. The van der Waals surface area contributed by atoms with E-state index in [0.29, 0.717) is 0 Å². The van der Waals surface area contributed by atoms with E-state index in [9.17, 15) is 0 Å². The Balaban J connectivity index is 0.00000256. The molecular formula is C16H35N. The predicted molar refractivity (Wildman–Crippen MR) is 79.4 cm³/mol. The second kappa shape index (κ2) is 8.97. The number of rotatable bonds is 6. The molecule has 17 heavy (non-hydrogen) atoms. The molecule has 1 saturated heterocycles. The van der Waals surface area contributed by atoms with Crippen molar-refractivity contribution in [3.8, 4) is 0 Å². The highest BCUT2D eigenvalue weighted by Gasteiger charge is 2.19. The van der Waals surface area contributed by atoms with E-state index >= 15 is 0 Å². The van der Waals surface area contributed by atoms with Crippen LogP contribution in [0, 0.1) is 17.8 Å². The SMILES string of the molecule is C.CC(C)CCCC1CCN(CC(C)C)CC1. The van der Waals surface area contributed by atoms with E-state index in [1.54, 1.807) is 0 Å². The summed E-state index contributed by atoms with van der Waals surface area (Å²) in [4.78, 5) is 2.66. The van der Waals surface area contributed by atoms with Gasteiger partial charge in [0.15, 0.2) is 0 Å². The monoisotopic (exact) mass is 241 g/mol. The molecule has 0 aromatic heterocycles. The van der Waals surface area contributed by atoms with Gasteiger partial charge in [0.25, 0.3) is 0 Å². The van der Waals surface area contributed by atoms with Gasteiger partial charge in [-0.25, -0.2) is 0 Å². The molecule has 0 atom stereocenters. The lowest BCUT2D eigenvalue weighted by molar-refractivity contribution is 0.161. The largest absolute Gasteiger partial charge is 0.303 e. The van der Waals surface area contributed by atoms with E-state index in [-0.39, 0.29) is 7.43 Å². The molecule has 0 radical (unpaired) electrons. The Hall–Kier alpha value is -0.0400. The summed E-state index contributed by atoms with van der Waals surface area (Å²) in [6.45, 7) is 13.3. The molecule has 1 rings (SSSR count). The van der Waals surface area contributed by atoms with Gasteiger partial charge in [-0.1, -0.05) is 54.4 Å². The molecule has 1 nitrogen and oxygen atoms in total. The van der Waals surface area contributed by atoms with Crippen molar-refractivity contribution < 1.29 is 0 Å². The highest BCUT2D eigenvalue weighted by molar-refractivity contribution is 4.73. The van der Waals surface area contributed by atoms with E-state index in [4.69, 9.17) is 0 Å². The van der Waals surface area contributed by atoms with Gasteiger partial charge >= 0.3 is 0 Å². The molecule has 1 aliphatic rings. The van der Waals surface area contributed by atoms with Crippen molar-refractivity contribution in [2.24, 2.45) is 17.8 Å². The molecule has 1 aliphatic heterocycles. The van der Waals surface area contributed by atoms with Crippen molar-refractivity contribution in [1.82, 2.24) is 4.90 Å². The van der Waals surface area contributed by atoms with Crippen LogP contribution in [0.25, 0.3) is 0 Å². The summed E-state index contributed by atoms with van der Waals surface area (Å²) < 4.78 is 0. The highest BCUT2D eigenvalue weighted by atomic mass is 15.1. The summed E-state index contributed by atoms with van der Waals surface area (Å²) in [5.41, 5.74) is 0. The fourth-order valence-corrected chi connectivity index (χ4v) is 2.79. The van der Waals surface area contributed by atoms with Crippen molar-refractivity contribution in [1.29, 1.82) is 0 Å². The first-order chi connectivity index (χ1) is 7.58. The Morgan fingerprint density at radius 1 is 1.00 bits per heavy atom. The first kappa shape index (κ1) is 17.0. The highest BCUT2D eigenvalue weighted by Crippen LogP contribution is 2.23. The lowest BCUT2D eigenvalue weighted by atomic mass is 9.90. The maximum absolute atomic E-state index is 2.66. The molecule has 1 fully saturated rings. The van der Waals surface area contributed by atoms with Gasteiger partial charge in [0.2, 0.25) is 0 Å². The molecule has 0 saturated carbocycles. The van der Waals surface area contributed by atoms with Crippen molar-refractivity contribution in [2.45, 2.75) is 67.2 Å². The van der Waals surface area contributed by atoms with Crippen LogP contribution in [0.4, 0.5) is 0 Å². The van der Waals surface area contributed by atoms with Crippen molar-refractivity contribution in [3.05, 3.63) is 0 Å². The first-order valence-electron chi connectivity index (χ1n) is 7.30. The predicted octanol–water partition coefficient (Wildman–Crippen LogP) is 4.82. The smallest absolute Gasteiger partial charge is 0.000439 e. The van der Waals surface area contributed by atoms with Crippen LogP contribution in [0.2, 0.25) is 0 Å². The molecule has 0 aromatic carbocycles. The molecular weight excluding hydrogens is 206 g/mol. The van der Waals surface area contributed by atoms with Crippen LogP contribution >= 0.6 is 0 Å². The standard InChI is InChI=1S/C15H31N.CH4/c1-13(2)6-5-7-15-8-10-16(11-9-15)12-14(3)4;/h13-15H,5-12H2,1-4H3;1H4. The van der Waals surface area contributed by atoms with Gasteiger partial charge in [0.05, 0.1) is 0 Å². The summed E-state index contributed by atoms with van der Waals surface area (Å²) in [5.74, 6) is 2.75. The normalized spacial score (nSPS) is 18.7. The Morgan fingerprint density at radius 3 is 2.06 bits per heavy atom. The van der Waals surface area contributed by atoms with Crippen LogP contribution in [0.5, 0.6) is 0 Å². The zero-order chi connectivity index (χ0) is 12.0. The first-order valence-corrected chi connectivity index (χ1v) is 7.30. The second-order valence-electron chi connectivity index (χ2n) is 6.46. The lowest BCUT2D eigenvalue weighted by Crippen LogP contribution is -2.36. The average molecular weight is 241 g/mol. The van der Waals surface area contributed by atoms with Gasteiger partial charge < -0.3 is 4.90 Å². The number of hydrogen-bond donors (Lipinski definition) is 0. The number of piperidine rings is 1. The molecule has 0 unspecified atom stereocenters. The molecule has 0 aromatic rings. The topological polar surface area (TPSA) is 3.24 Å². The molecule has 0 aliphatic carbocycles. The van der Waals surface area contributed by atoms with E-state index < -0.39 is 0 Å². The molecule has 1 heterocycles. The Labute approximate surface area is 110 Å². The maximum atomic E-state index is 2.66. The summed E-state index contributed by atoms with van der Waals surface area (Å²) in [6.07, 6.45) is 7.25. The third-order valence-corrected chi connectivity index (χ3v) is 3.72. The van der Waals surface area contributed by atoms with Crippen LogP contribution in [0.1, 0.15) is 67.2 Å². The quantitative estimate of drug-likeness (QED) is 0.644. The van der Waals surface area contributed by atoms with Crippen LogP contribution < -0.4 is 0 Å². The van der Waals surface area contributed by atoms with Crippen molar-refractivity contribution in [2.75, 3.05) is 19.6 Å². The fourth-order valence-electron chi connectivity index (χ4n) is 2.79. The van der Waals surface area contributed by atoms with E-state index in [0.717, 1.165) is 17.8 Å². The number of hydrogen-bond acceptors (Lipinski definition) is 1.